The molecule has 0 fully saturated rings. The van der Waals surface area contributed by atoms with Gasteiger partial charge in [0.1, 0.15) is 5.71 Å². The predicted molar refractivity (Wildman–Crippen MR) is 121 cm³/mol. The molecule has 0 saturated carbocycles. The molecule has 2 N–H and O–H groups in total. The number of hydrazine groups is 1. The number of rotatable bonds is 8. The van der Waals surface area contributed by atoms with Crippen LogP contribution in [-0.2, 0) is 4.79 Å². The molecule has 0 aromatic heterocycles. The molecule has 0 unspecified atom stereocenters. The number of halogens is 3. The minimum atomic E-state index is -0.243. The van der Waals surface area contributed by atoms with Crippen molar-refractivity contribution in [3.8, 4) is 0 Å². The van der Waals surface area contributed by atoms with Crippen LogP contribution < -0.4 is 15.9 Å². The maximum atomic E-state index is 12.6. The summed E-state index contributed by atoms with van der Waals surface area (Å²) in [6.45, 7) is 2.86. The van der Waals surface area contributed by atoms with Crippen LogP contribution in [0.3, 0.4) is 0 Å². The van der Waals surface area contributed by atoms with Crippen LogP contribution in [0.1, 0.15) is 44.2 Å². The lowest BCUT2D eigenvalue weighted by atomic mass is 10.0. The second-order valence-corrected chi connectivity index (χ2v) is 8.13. The Bertz CT molecular complexity index is 886. The average molecular weight is 454 g/mol. The summed E-state index contributed by atoms with van der Waals surface area (Å²) >= 11 is 18.5. The van der Waals surface area contributed by atoms with E-state index in [1.54, 1.807) is 23.2 Å². The molecule has 2 aromatic carbocycles. The number of carbonyl (C=O) groups excluding carboxylic acids is 1. The van der Waals surface area contributed by atoms with E-state index in [1.165, 1.54) is 0 Å². The second kappa shape index (κ2) is 10.3. The molecular weight excluding hydrogens is 431 g/mol. The van der Waals surface area contributed by atoms with Crippen LogP contribution in [0.2, 0.25) is 15.1 Å². The quantitative estimate of drug-likeness (QED) is 0.394. The van der Waals surface area contributed by atoms with Crippen molar-refractivity contribution < 1.29 is 4.79 Å². The molecule has 0 radical (unpaired) electrons. The first-order chi connectivity index (χ1) is 14.0. The summed E-state index contributed by atoms with van der Waals surface area (Å²) in [4.78, 5) is 12.6. The van der Waals surface area contributed by atoms with Crippen molar-refractivity contribution in [2.45, 2.75) is 38.6 Å². The summed E-state index contributed by atoms with van der Waals surface area (Å²) in [5, 5.41) is 8.02. The molecule has 0 aliphatic carbocycles. The van der Waals surface area contributed by atoms with Crippen LogP contribution in [-0.4, -0.2) is 18.2 Å². The lowest BCUT2D eigenvalue weighted by Gasteiger charge is -2.25. The van der Waals surface area contributed by atoms with E-state index in [0.29, 0.717) is 32.9 Å². The summed E-state index contributed by atoms with van der Waals surface area (Å²) in [5.74, 6) is -0.243. The number of hydrogen-bond acceptors (Lipinski definition) is 4. The number of hydrogen-bond donors (Lipinski definition) is 2. The smallest absolute Gasteiger partial charge is 0.281 e. The monoisotopic (exact) mass is 452 g/mol. The molecule has 2 aromatic rings. The zero-order valence-electron chi connectivity index (χ0n) is 16.1. The Balaban J connectivity index is 1.81. The van der Waals surface area contributed by atoms with Gasteiger partial charge in [0.2, 0.25) is 0 Å². The molecule has 0 saturated heterocycles. The normalized spacial score (nSPS) is 16.1. The van der Waals surface area contributed by atoms with Gasteiger partial charge in [0.05, 0.1) is 16.8 Å². The molecule has 3 rings (SSSR count). The van der Waals surface area contributed by atoms with Crippen LogP contribution in [0.15, 0.2) is 47.6 Å². The fourth-order valence-corrected chi connectivity index (χ4v) is 3.78. The first-order valence-corrected chi connectivity index (χ1v) is 10.7. The fourth-order valence-electron chi connectivity index (χ4n) is 3.16. The van der Waals surface area contributed by atoms with Gasteiger partial charge in [-0.05, 0) is 42.3 Å². The minimum Gasteiger partial charge on any atom is -0.286 e. The van der Waals surface area contributed by atoms with Crippen LogP contribution in [0, 0.1) is 0 Å². The van der Waals surface area contributed by atoms with E-state index in [1.807, 2.05) is 24.3 Å². The highest BCUT2D eigenvalue weighted by atomic mass is 35.5. The first-order valence-electron chi connectivity index (χ1n) is 9.60. The Morgan fingerprint density at radius 1 is 1.10 bits per heavy atom. The third-order valence-electron chi connectivity index (χ3n) is 4.69. The molecule has 1 amide bonds. The molecule has 1 atom stereocenters. The lowest BCUT2D eigenvalue weighted by molar-refractivity contribution is -0.115. The maximum absolute atomic E-state index is 12.6. The first kappa shape index (κ1) is 21.9. The van der Waals surface area contributed by atoms with Crippen LogP contribution >= 0.6 is 34.8 Å². The fraction of sp³-hybridized carbons (Fsp3) is 0.333. The number of unbranched alkanes of at least 4 members (excludes halogenated alkanes) is 2. The minimum absolute atomic E-state index is 0.174. The van der Waals surface area contributed by atoms with Gasteiger partial charge in [-0.3, -0.25) is 15.2 Å². The summed E-state index contributed by atoms with van der Waals surface area (Å²) < 4.78 is 0. The topological polar surface area (TPSA) is 56.7 Å². The van der Waals surface area contributed by atoms with Gasteiger partial charge in [0.25, 0.3) is 5.91 Å². The van der Waals surface area contributed by atoms with Crippen LogP contribution in [0.25, 0.3) is 0 Å². The van der Waals surface area contributed by atoms with E-state index in [4.69, 9.17) is 34.8 Å². The molecule has 0 spiro atoms. The average Bonchev–Trinajstić information content (AvgIpc) is 3.13. The van der Waals surface area contributed by atoms with Gasteiger partial charge in [-0.25, -0.2) is 5.43 Å². The Kier molecular flexibility index (Phi) is 7.78. The molecule has 1 aliphatic heterocycles. The van der Waals surface area contributed by atoms with Crippen molar-refractivity contribution in [3.05, 3.63) is 63.1 Å². The third kappa shape index (κ3) is 5.64. The van der Waals surface area contributed by atoms with Crippen LogP contribution in [0.5, 0.6) is 0 Å². The van der Waals surface area contributed by atoms with Crippen LogP contribution in [0.4, 0.5) is 5.69 Å². The zero-order chi connectivity index (χ0) is 20.8. The van der Waals surface area contributed by atoms with Crippen molar-refractivity contribution in [1.82, 2.24) is 10.9 Å². The van der Waals surface area contributed by atoms with E-state index in [0.717, 1.165) is 31.4 Å². The van der Waals surface area contributed by atoms with Gasteiger partial charge in [0, 0.05) is 23.0 Å². The number of hydrazone groups is 1. The zero-order valence-corrected chi connectivity index (χ0v) is 18.4. The number of amides is 1. The summed E-state index contributed by atoms with van der Waals surface area (Å²) in [6.07, 6.45) is 3.69. The highest BCUT2D eigenvalue weighted by molar-refractivity contribution is 6.40. The molecule has 1 heterocycles. The summed E-state index contributed by atoms with van der Waals surface area (Å²) in [5.41, 5.74) is 7.82. The van der Waals surface area contributed by atoms with E-state index in [2.05, 4.69) is 22.9 Å². The second-order valence-electron chi connectivity index (χ2n) is 6.85. The van der Waals surface area contributed by atoms with E-state index >= 15 is 0 Å². The van der Waals surface area contributed by atoms with Gasteiger partial charge >= 0.3 is 0 Å². The molecule has 5 nitrogen and oxygen atoms in total. The Labute approximate surface area is 186 Å². The number of nitrogens with one attached hydrogen (secondary N) is 2. The summed E-state index contributed by atoms with van der Waals surface area (Å²) in [6, 6.07) is 12.6. The molecular formula is C21H23Cl3N4O. The van der Waals surface area contributed by atoms with Gasteiger partial charge in [-0.2, -0.15) is 5.10 Å². The Morgan fingerprint density at radius 3 is 2.52 bits per heavy atom. The van der Waals surface area contributed by atoms with Crippen molar-refractivity contribution in [1.29, 1.82) is 0 Å². The number of nitrogens with zero attached hydrogens (tertiary/aromatic N) is 2. The summed E-state index contributed by atoms with van der Waals surface area (Å²) in [7, 11) is 0. The molecule has 29 heavy (non-hydrogen) atoms. The highest BCUT2D eigenvalue weighted by Crippen LogP contribution is 2.39. The third-order valence-corrected chi connectivity index (χ3v) is 5.48. The largest absolute Gasteiger partial charge is 0.286 e. The number of carbonyl (C=O) groups is 1. The van der Waals surface area contributed by atoms with E-state index < -0.39 is 0 Å². The van der Waals surface area contributed by atoms with Gasteiger partial charge < -0.3 is 0 Å². The van der Waals surface area contributed by atoms with Gasteiger partial charge in [-0.1, -0.05) is 66.7 Å². The Hall–Kier alpha value is -1.79. The van der Waals surface area contributed by atoms with Crippen molar-refractivity contribution in [2.24, 2.45) is 5.10 Å². The number of benzene rings is 2. The van der Waals surface area contributed by atoms with Crippen molar-refractivity contribution in [3.63, 3.8) is 0 Å². The SMILES string of the molecule is CCCCCNNC(=O)C1=NN(c2ccc(Cl)cc2Cl)[C@H](c2ccc(Cl)cc2)C1. The molecule has 0 bridgehead atoms. The molecule has 8 heteroatoms. The van der Waals surface area contributed by atoms with Gasteiger partial charge in [-0.15, -0.1) is 0 Å². The highest BCUT2D eigenvalue weighted by Gasteiger charge is 2.33. The standard InChI is InChI=1S/C21H23Cl3N4O/c1-2-3-4-11-25-26-21(29)18-13-20(14-5-7-15(22)8-6-14)28(27-18)19-10-9-16(23)12-17(19)24/h5-10,12,20,25H,2-4,11,13H2,1H3,(H,26,29)/t20-/m0/s1. The molecule has 1 aliphatic rings. The van der Waals surface area contributed by atoms with E-state index in [-0.39, 0.29) is 11.9 Å². The van der Waals surface area contributed by atoms with Crippen molar-refractivity contribution >= 4 is 52.1 Å². The van der Waals surface area contributed by atoms with Gasteiger partial charge in [0.15, 0.2) is 0 Å². The van der Waals surface area contributed by atoms with Crippen molar-refractivity contribution in [2.75, 3.05) is 11.6 Å². The molecule has 154 valence electrons. The Morgan fingerprint density at radius 2 is 1.83 bits per heavy atom. The number of anilines is 1. The lowest BCUT2D eigenvalue weighted by Crippen LogP contribution is -2.41. The predicted octanol–water partition coefficient (Wildman–Crippen LogP) is 5.77. The van der Waals surface area contributed by atoms with E-state index in [9.17, 15) is 4.79 Å². The maximum Gasteiger partial charge on any atom is 0.281 e.